The average Bonchev–Trinajstić information content (AvgIpc) is 2.84. The van der Waals surface area contributed by atoms with Crippen LogP contribution in [0, 0.1) is 12.7 Å². The van der Waals surface area contributed by atoms with Gasteiger partial charge < -0.3 is 9.72 Å². The highest BCUT2D eigenvalue weighted by Gasteiger charge is 2.24. The number of aromatic amines is 1. The maximum atomic E-state index is 13.2. The summed E-state index contributed by atoms with van der Waals surface area (Å²) in [5.74, 6) is 1.12. The van der Waals surface area contributed by atoms with E-state index in [-0.39, 0.29) is 17.5 Å². The van der Waals surface area contributed by atoms with Crippen LogP contribution in [0.2, 0.25) is 0 Å². The molecule has 1 heterocycles. The molecule has 33 heavy (non-hydrogen) atoms. The van der Waals surface area contributed by atoms with Gasteiger partial charge in [0, 0.05) is 11.6 Å². The first-order valence-corrected chi connectivity index (χ1v) is 11.7. The number of ether oxygens (including phenoxy) is 1. The van der Waals surface area contributed by atoms with E-state index in [2.05, 4.69) is 17.1 Å². The summed E-state index contributed by atoms with van der Waals surface area (Å²) in [6.45, 7) is 2.00. The van der Waals surface area contributed by atoms with E-state index in [0.29, 0.717) is 11.3 Å². The summed E-state index contributed by atoms with van der Waals surface area (Å²) in [5, 5.41) is 1.65. The minimum Gasteiger partial charge on any atom is -0.490 e. The Labute approximate surface area is 193 Å². The summed E-state index contributed by atoms with van der Waals surface area (Å²) >= 11 is 0. The van der Waals surface area contributed by atoms with Crippen molar-refractivity contribution in [2.24, 2.45) is 0 Å². The van der Waals surface area contributed by atoms with Crippen molar-refractivity contribution in [3.63, 3.8) is 0 Å². The Balaban J connectivity index is 1.36. The number of hydrogen-bond donors (Lipinski definition) is 1. The third-order valence-electron chi connectivity index (χ3n) is 6.83. The second kappa shape index (κ2) is 9.22. The summed E-state index contributed by atoms with van der Waals surface area (Å²) in [7, 11) is 0. The number of fused-ring (bicyclic) bond motifs is 1. The molecule has 0 amide bonds. The molecule has 4 aromatic rings. The first-order valence-electron chi connectivity index (χ1n) is 11.7. The number of aryl methyl sites for hydroxylation is 1. The highest BCUT2D eigenvalue weighted by atomic mass is 19.1. The van der Waals surface area contributed by atoms with Crippen molar-refractivity contribution in [1.82, 2.24) is 4.98 Å². The molecule has 1 N–H and O–H groups in total. The minimum absolute atomic E-state index is 0.0729. The molecule has 0 bridgehead atoms. The van der Waals surface area contributed by atoms with Crippen LogP contribution in [0.3, 0.4) is 0 Å². The fourth-order valence-corrected chi connectivity index (χ4v) is 4.97. The normalized spacial score (nSPS) is 18.4. The van der Waals surface area contributed by atoms with Crippen molar-refractivity contribution in [2.75, 3.05) is 0 Å². The van der Waals surface area contributed by atoms with Crippen LogP contribution < -0.4 is 10.3 Å². The number of pyridine rings is 1. The third-order valence-corrected chi connectivity index (χ3v) is 6.83. The Kier molecular flexibility index (Phi) is 5.99. The lowest BCUT2D eigenvalue weighted by molar-refractivity contribution is 0.145. The molecule has 0 aliphatic heterocycles. The molecule has 0 spiro atoms. The van der Waals surface area contributed by atoms with Gasteiger partial charge in [-0.1, -0.05) is 42.5 Å². The van der Waals surface area contributed by atoms with Crippen LogP contribution in [0.5, 0.6) is 5.75 Å². The molecule has 0 atom stereocenters. The van der Waals surface area contributed by atoms with E-state index in [0.717, 1.165) is 54.4 Å². The van der Waals surface area contributed by atoms with E-state index in [1.165, 1.54) is 11.1 Å². The Morgan fingerprint density at radius 3 is 2.39 bits per heavy atom. The van der Waals surface area contributed by atoms with Gasteiger partial charge >= 0.3 is 0 Å². The first kappa shape index (κ1) is 21.4. The fourth-order valence-electron chi connectivity index (χ4n) is 4.97. The van der Waals surface area contributed by atoms with E-state index < -0.39 is 0 Å². The fraction of sp³-hybridized carbons (Fsp3) is 0.276. The average molecular weight is 442 g/mol. The number of aromatic nitrogens is 1. The Morgan fingerprint density at radius 1 is 0.939 bits per heavy atom. The smallest absolute Gasteiger partial charge is 0.255 e. The maximum absolute atomic E-state index is 13.2. The molecular formula is C29H28FNO2. The van der Waals surface area contributed by atoms with Gasteiger partial charge in [0.15, 0.2) is 0 Å². The molecule has 3 nitrogen and oxygen atoms in total. The highest BCUT2D eigenvalue weighted by molar-refractivity contribution is 5.87. The van der Waals surface area contributed by atoms with Gasteiger partial charge in [0.25, 0.3) is 5.56 Å². The Morgan fingerprint density at radius 2 is 1.67 bits per heavy atom. The van der Waals surface area contributed by atoms with Gasteiger partial charge in [0.05, 0.1) is 6.10 Å². The SMILES string of the molecule is Cc1cc2c(=O)[nH]cc(Cc3ccccc3)c2cc1O[C@H]1CC[C@H](c2ccc(F)cc2)CC1. The molecular weight excluding hydrogens is 413 g/mol. The lowest BCUT2D eigenvalue weighted by Crippen LogP contribution is -2.23. The summed E-state index contributed by atoms with van der Waals surface area (Å²) in [6.07, 6.45) is 6.71. The molecule has 3 aromatic carbocycles. The topological polar surface area (TPSA) is 42.1 Å². The van der Waals surface area contributed by atoms with Crippen LogP contribution in [-0.2, 0) is 6.42 Å². The van der Waals surface area contributed by atoms with Gasteiger partial charge in [-0.15, -0.1) is 0 Å². The van der Waals surface area contributed by atoms with Gasteiger partial charge in [-0.2, -0.15) is 0 Å². The third kappa shape index (κ3) is 4.70. The van der Waals surface area contributed by atoms with Crippen molar-refractivity contribution < 1.29 is 9.13 Å². The van der Waals surface area contributed by atoms with Crippen LogP contribution in [0.1, 0.15) is 53.9 Å². The summed E-state index contributed by atoms with van der Waals surface area (Å²) in [5.41, 5.74) is 4.40. The number of hydrogen-bond acceptors (Lipinski definition) is 2. The van der Waals surface area contributed by atoms with Crippen LogP contribution in [0.25, 0.3) is 10.8 Å². The van der Waals surface area contributed by atoms with Gasteiger partial charge in [0.2, 0.25) is 0 Å². The molecule has 0 unspecified atom stereocenters. The number of H-pyrrole nitrogens is 1. The van der Waals surface area contributed by atoms with Crippen molar-refractivity contribution in [1.29, 1.82) is 0 Å². The highest BCUT2D eigenvalue weighted by Crippen LogP contribution is 2.36. The van der Waals surface area contributed by atoms with Crippen molar-refractivity contribution >= 4 is 10.8 Å². The summed E-state index contributed by atoms with van der Waals surface area (Å²) < 4.78 is 19.7. The predicted octanol–water partition coefficient (Wildman–Crippen LogP) is 6.67. The van der Waals surface area contributed by atoms with Crippen LogP contribution in [0.15, 0.2) is 77.7 Å². The molecule has 1 aromatic heterocycles. The number of rotatable bonds is 5. The van der Waals surface area contributed by atoms with E-state index in [4.69, 9.17) is 4.74 Å². The van der Waals surface area contributed by atoms with Gasteiger partial charge in [0.1, 0.15) is 11.6 Å². The zero-order valence-corrected chi connectivity index (χ0v) is 18.8. The largest absolute Gasteiger partial charge is 0.490 e. The van der Waals surface area contributed by atoms with Gasteiger partial charge in [-0.05, 0) is 96.9 Å². The molecule has 5 rings (SSSR count). The lowest BCUT2D eigenvalue weighted by atomic mass is 9.82. The van der Waals surface area contributed by atoms with Crippen molar-refractivity contribution in [3.8, 4) is 5.75 Å². The van der Waals surface area contributed by atoms with E-state index in [9.17, 15) is 9.18 Å². The van der Waals surface area contributed by atoms with Gasteiger partial charge in [-0.25, -0.2) is 4.39 Å². The van der Waals surface area contributed by atoms with Gasteiger partial charge in [-0.3, -0.25) is 4.79 Å². The molecule has 1 aliphatic rings. The molecule has 168 valence electrons. The zero-order valence-electron chi connectivity index (χ0n) is 18.8. The molecule has 4 heteroatoms. The van der Waals surface area contributed by atoms with Crippen molar-refractivity contribution in [2.45, 2.75) is 51.0 Å². The molecule has 0 radical (unpaired) electrons. The zero-order chi connectivity index (χ0) is 22.8. The quantitative estimate of drug-likeness (QED) is 0.376. The second-order valence-electron chi connectivity index (χ2n) is 9.11. The second-order valence-corrected chi connectivity index (χ2v) is 9.11. The molecule has 1 fully saturated rings. The lowest BCUT2D eigenvalue weighted by Gasteiger charge is -2.30. The van der Waals surface area contributed by atoms with E-state index in [1.54, 1.807) is 12.1 Å². The van der Waals surface area contributed by atoms with E-state index in [1.807, 2.05) is 55.6 Å². The Hall–Kier alpha value is -3.40. The molecule has 1 aliphatic carbocycles. The predicted molar refractivity (Wildman–Crippen MR) is 131 cm³/mol. The van der Waals surface area contributed by atoms with Crippen LogP contribution in [0.4, 0.5) is 4.39 Å². The van der Waals surface area contributed by atoms with Crippen molar-refractivity contribution in [3.05, 3.63) is 111 Å². The number of benzene rings is 3. The number of halogens is 1. The van der Waals surface area contributed by atoms with Crippen LogP contribution in [-0.4, -0.2) is 11.1 Å². The Bertz CT molecular complexity index is 1300. The van der Waals surface area contributed by atoms with E-state index >= 15 is 0 Å². The first-order chi connectivity index (χ1) is 16.1. The summed E-state index contributed by atoms with van der Waals surface area (Å²) in [4.78, 5) is 15.4. The number of nitrogens with one attached hydrogen (secondary N) is 1. The minimum atomic E-state index is -0.187. The monoisotopic (exact) mass is 441 g/mol. The standard InChI is InChI=1S/C29H28FNO2/c1-19-15-27-26(23(18-31-29(27)32)16-20-5-3-2-4-6-20)17-28(19)33-25-13-9-22(10-14-25)21-7-11-24(30)12-8-21/h2-8,11-12,15,17-18,22,25H,9-10,13-14,16H2,1H3,(H,31,32)/t22-,25-. The maximum Gasteiger partial charge on any atom is 0.255 e. The van der Waals surface area contributed by atoms with Crippen LogP contribution >= 0.6 is 0 Å². The molecule has 0 saturated heterocycles. The summed E-state index contributed by atoms with van der Waals surface area (Å²) in [6, 6.07) is 21.2. The molecule has 1 saturated carbocycles.